The summed E-state index contributed by atoms with van der Waals surface area (Å²) in [6.45, 7) is 6.44. The number of halogens is 1. The second kappa shape index (κ2) is 6.46. The van der Waals surface area contributed by atoms with E-state index in [4.69, 9.17) is 0 Å². The molecule has 4 heteroatoms. The molecule has 1 aromatic rings. The number of hydrogen-bond acceptors (Lipinski definition) is 3. The van der Waals surface area contributed by atoms with E-state index in [1.165, 1.54) is 12.1 Å². The standard InChI is InChI=1S/C15H24FN3/c1-12(13-4-6-14(16)7-5-13)17-10-15-11-18(2)8-9-19(15)3/h4-7,12,15,17H,8-11H2,1-3H3. The summed E-state index contributed by atoms with van der Waals surface area (Å²) in [7, 11) is 4.35. The van der Waals surface area contributed by atoms with Crippen LogP contribution in [0.2, 0.25) is 0 Å². The van der Waals surface area contributed by atoms with Gasteiger partial charge in [0.1, 0.15) is 5.82 Å². The molecule has 1 saturated heterocycles. The van der Waals surface area contributed by atoms with Gasteiger partial charge in [-0.15, -0.1) is 0 Å². The summed E-state index contributed by atoms with van der Waals surface area (Å²) in [6, 6.07) is 7.54. The summed E-state index contributed by atoms with van der Waals surface area (Å²) in [5.74, 6) is -0.176. The van der Waals surface area contributed by atoms with Crippen LogP contribution in [-0.2, 0) is 0 Å². The van der Waals surface area contributed by atoms with Crippen molar-refractivity contribution in [2.45, 2.75) is 19.0 Å². The molecule has 1 aromatic carbocycles. The third kappa shape index (κ3) is 4.00. The van der Waals surface area contributed by atoms with Gasteiger partial charge in [-0.3, -0.25) is 4.90 Å². The van der Waals surface area contributed by atoms with Crippen LogP contribution in [0.1, 0.15) is 18.5 Å². The molecule has 2 unspecified atom stereocenters. The molecule has 3 nitrogen and oxygen atoms in total. The average Bonchev–Trinajstić information content (AvgIpc) is 2.40. The van der Waals surface area contributed by atoms with Crippen molar-refractivity contribution in [3.8, 4) is 0 Å². The molecule has 0 bridgehead atoms. The molecule has 0 aromatic heterocycles. The predicted octanol–water partition coefficient (Wildman–Crippen LogP) is 1.72. The van der Waals surface area contributed by atoms with Crippen LogP contribution in [0.5, 0.6) is 0 Å². The SMILES string of the molecule is CC(NCC1CN(C)CCN1C)c1ccc(F)cc1. The molecular formula is C15H24FN3. The van der Waals surface area contributed by atoms with Crippen LogP contribution in [-0.4, -0.2) is 56.1 Å². The van der Waals surface area contributed by atoms with Crippen LogP contribution >= 0.6 is 0 Å². The van der Waals surface area contributed by atoms with Crippen LogP contribution in [0.25, 0.3) is 0 Å². The normalized spacial score (nSPS) is 23.5. The van der Waals surface area contributed by atoms with E-state index in [-0.39, 0.29) is 11.9 Å². The third-order valence-corrected chi connectivity index (χ3v) is 4.01. The molecule has 2 rings (SSSR count). The molecule has 0 saturated carbocycles. The van der Waals surface area contributed by atoms with Gasteiger partial charge in [0, 0.05) is 38.3 Å². The van der Waals surface area contributed by atoms with Gasteiger partial charge >= 0.3 is 0 Å². The number of benzene rings is 1. The average molecular weight is 265 g/mol. The van der Waals surface area contributed by atoms with Crippen molar-refractivity contribution in [2.24, 2.45) is 0 Å². The van der Waals surface area contributed by atoms with Gasteiger partial charge in [-0.25, -0.2) is 4.39 Å². The van der Waals surface area contributed by atoms with Crippen molar-refractivity contribution in [1.29, 1.82) is 0 Å². The Morgan fingerprint density at radius 2 is 1.95 bits per heavy atom. The molecule has 1 aliphatic rings. The molecule has 1 heterocycles. The van der Waals surface area contributed by atoms with Gasteiger partial charge in [-0.1, -0.05) is 12.1 Å². The first-order valence-electron chi connectivity index (χ1n) is 6.94. The Morgan fingerprint density at radius 1 is 1.26 bits per heavy atom. The lowest BCUT2D eigenvalue weighted by Gasteiger charge is -2.38. The molecule has 106 valence electrons. The molecule has 0 aliphatic carbocycles. The Morgan fingerprint density at radius 3 is 2.63 bits per heavy atom. The summed E-state index contributed by atoms with van der Waals surface area (Å²) in [5, 5.41) is 3.55. The topological polar surface area (TPSA) is 18.5 Å². The fraction of sp³-hybridized carbons (Fsp3) is 0.600. The maximum Gasteiger partial charge on any atom is 0.123 e. The van der Waals surface area contributed by atoms with Gasteiger partial charge in [0.25, 0.3) is 0 Å². The maximum absolute atomic E-state index is 12.9. The highest BCUT2D eigenvalue weighted by molar-refractivity contribution is 5.19. The molecule has 0 amide bonds. The van der Waals surface area contributed by atoms with Crippen LogP contribution in [0.3, 0.4) is 0 Å². The zero-order valence-electron chi connectivity index (χ0n) is 12.1. The summed E-state index contributed by atoms with van der Waals surface area (Å²) >= 11 is 0. The van der Waals surface area contributed by atoms with Crippen molar-refractivity contribution >= 4 is 0 Å². The van der Waals surface area contributed by atoms with Gasteiger partial charge in [0.05, 0.1) is 0 Å². The van der Waals surface area contributed by atoms with Crippen LogP contribution < -0.4 is 5.32 Å². The summed E-state index contributed by atoms with van der Waals surface area (Å²) in [6.07, 6.45) is 0. The van der Waals surface area contributed by atoms with Gasteiger partial charge in [-0.05, 0) is 38.7 Å². The first kappa shape index (κ1) is 14.4. The molecule has 1 aliphatic heterocycles. The van der Waals surface area contributed by atoms with E-state index in [0.29, 0.717) is 6.04 Å². The lowest BCUT2D eigenvalue weighted by atomic mass is 10.1. The van der Waals surface area contributed by atoms with Crippen LogP contribution in [0, 0.1) is 5.82 Å². The Hall–Kier alpha value is -0.970. The molecule has 1 fully saturated rings. The number of nitrogens with one attached hydrogen (secondary N) is 1. The second-order valence-electron chi connectivity index (χ2n) is 5.58. The maximum atomic E-state index is 12.9. The highest BCUT2D eigenvalue weighted by atomic mass is 19.1. The first-order chi connectivity index (χ1) is 9.06. The van der Waals surface area contributed by atoms with Gasteiger partial charge < -0.3 is 10.2 Å². The summed E-state index contributed by atoms with van der Waals surface area (Å²) in [5.41, 5.74) is 1.13. The minimum Gasteiger partial charge on any atom is -0.309 e. The van der Waals surface area contributed by atoms with Gasteiger partial charge in [0.15, 0.2) is 0 Å². The summed E-state index contributed by atoms with van der Waals surface area (Å²) in [4.78, 5) is 4.78. The lowest BCUT2D eigenvalue weighted by Crippen LogP contribution is -2.53. The number of likely N-dealkylation sites (N-methyl/N-ethyl adjacent to an activating group) is 2. The van der Waals surface area contributed by atoms with E-state index in [1.807, 2.05) is 12.1 Å². The van der Waals surface area contributed by atoms with E-state index >= 15 is 0 Å². The quantitative estimate of drug-likeness (QED) is 0.894. The largest absolute Gasteiger partial charge is 0.309 e. The van der Waals surface area contributed by atoms with E-state index in [0.717, 1.165) is 31.7 Å². The van der Waals surface area contributed by atoms with Crippen molar-refractivity contribution in [2.75, 3.05) is 40.3 Å². The van der Waals surface area contributed by atoms with E-state index < -0.39 is 0 Å². The highest BCUT2D eigenvalue weighted by Crippen LogP contribution is 2.13. The van der Waals surface area contributed by atoms with Crippen molar-refractivity contribution in [3.63, 3.8) is 0 Å². The zero-order valence-corrected chi connectivity index (χ0v) is 12.1. The monoisotopic (exact) mass is 265 g/mol. The van der Waals surface area contributed by atoms with Gasteiger partial charge in [-0.2, -0.15) is 0 Å². The molecule has 0 radical (unpaired) electrons. The minimum absolute atomic E-state index is 0.176. The molecule has 19 heavy (non-hydrogen) atoms. The Bertz CT molecular complexity index is 393. The highest BCUT2D eigenvalue weighted by Gasteiger charge is 2.22. The lowest BCUT2D eigenvalue weighted by molar-refractivity contribution is 0.112. The summed E-state index contributed by atoms with van der Waals surface area (Å²) < 4.78 is 12.9. The predicted molar refractivity (Wildman–Crippen MR) is 76.7 cm³/mol. The third-order valence-electron chi connectivity index (χ3n) is 4.01. The number of rotatable bonds is 4. The minimum atomic E-state index is -0.176. The second-order valence-corrected chi connectivity index (χ2v) is 5.58. The molecule has 1 N–H and O–H groups in total. The Balaban J connectivity index is 1.85. The Labute approximate surface area is 115 Å². The number of nitrogens with zero attached hydrogens (tertiary/aromatic N) is 2. The molecular weight excluding hydrogens is 241 g/mol. The van der Waals surface area contributed by atoms with E-state index in [1.54, 1.807) is 0 Å². The van der Waals surface area contributed by atoms with E-state index in [2.05, 4.69) is 36.1 Å². The van der Waals surface area contributed by atoms with Crippen molar-refractivity contribution in [3.05, 3.63) is 35.6 Å². The van der Waals surface area contributed by atoms with Gasteiger partial charge in [0.2, 0.25) is 0 Å². The fourth-order valence-corrected chi connectivity index (χ4v) is 2.50. The number of piperazine rings is 1. The smallest absolute Gasteiger partial charge is 0.123 e. The Kier molecular flexibility index (Phi) is 4.91. The van der Waals surface area contributed by atoms with E-state index in [9.17, 15) is 4.39 Å². The number of hydrogen-bond donors (Lipinski definition) is 1. The fourth-order valence-electron chi connectivity index (χ4n) is 2.50. The van der Waals surface area contributed by atoms with Crippen LogP contribution in [0.4, 0.5) is 4.39 Å². The van der Waals surface area contributed by atoms with Crippen LogP contribution in [0.15, 0.2) is 24.3 Å². The van der Waals surface area contributed by atoms with Crippen molar-refractivity contribution in [1.82, 2.24) is 15.1 Å². The molecule has 2 atom stereocenters. The molecule has 0 spiro atoms. The first-order valence-corrected chi connectivity index (χ1v) is 6.94. The van der Waals surface area contributed by atoms with Crippen molar-refractivity contribution < 1.29 is 4.39 Å². The zero-order chi connectivity index (χ0) is 13.8.